The smallest absolute Gasteiger partial charge is 0.373 e. The molecule has 2 heterocycles. The minimum absolute atomic E-state index is 0.0202. The molecule has 7 heteroatoms. The number of aryl methyl sites for hydroxylation is 1. The Morgan fingerprint density at radius 2 is 2.25 bits per heavy atom. The van der Waals surface area contributed by atoms with Crippen molar-refractivity contribution in [1.82, 2.24) is 4.98 Å². The molecular weight excluding hydrogens is 264 g/mol. The number of nitrogens with zero attached hydrogens (tertiary/aromatic N) is 1. The summed E-state index contributed by atoms with van der Waals surface area (Å²) in [4.78, 5) is 26.3. The van der Waals surface area contributed by atoms with Gasteiger partial charge in [0.1, 0.15) is 5.75 Å². The van der Waals surface area contributed by atoms with E-state index < -0.39 is 5.97 Å². The molecule has 1 aliphatic rings. The number of carbonyl (C=O) groups excluding carboxylic acids is 1. The maximum absolute atomic E-state index is 11.3. The predicted octanol–water partition coefficient (Wildman–Crippen LogP) is 1.68. The molecule has 1 aliphatic heterocycles. The van der Waals surface area contributed by atoms with E-state index in [9.17, 15) is 9.59 Å². The van der Waals surface area contributed by atoms with E-state index in [1.54, 1.807) is 25.1 Å². The minimum Gasteiger partial charge on any atom is -0.482 e. The molecule has 1 aromatic heterocycles. The van der Waals surface area contributed by atoms with Crippen LogP contribution in [0, 0.1) is 6.92 Å². The Labute approximate surface area is 113 Å². The van der Waals surface area contributed by atoms with Crippen LogP contribution in [0.15, 0.2) is 22.6 Å². The molecule has 0 atom stereocenters. The Kier molecular flexibility index (Phi) is 2.67. The van der Waals surface area contributed by atoms with Crippen LogP contribution >= 0.6 is 0 Å². The largest absolute Gasteiger partial charge is 0.482 e. The number of carboxylic acid groups (broad SMARTS) is 1. The first-order chi connectivity index (χ1) is 9.54. The molecule has 0 saturated carbocycles. The Balaban J connectivity index is 2.03. The number of aromatic carboxylic acids is 1. The highest BCUT2D eigenvalue weighted by molar-refractivity contribution is 5.96. The van der Waals surface area contributed by atoms with Gasteiger partial charge in [-0.15, -0.1) is 0 Å². The van der Waals surface area contributed by atoms with Crippen LogP contribution in [0.2, 0.25) is 0 Å². The third kappa shape index (κ3) is 1.99. The van der Waals surface area contributed by atoms with Gasteiger partial charge in [-0.05, 0) is 25.1 Å². The van der Waals surface area contributed by atoms with Crippen LogP contribution in [0.25, 0.3) is 11.5 Å². The van der Waals surface area contributed by atoms with Crippen molar-refractivity contribution in [3.8, 4) is 17.2 Å². The van der Waals surface area contributed by atoms with E-state index in [4.69, 9.17) is 14.3 Å². The summed E-state index contributed by atoms with van der Waals surface area (Å²) in [6, 6.07) is 4.99. The number of nitrogens with one attached hydrogen (secondary N) is 1. The SMILES string of the molecule is Cc1nc(-c2ccc3c(c2)NC(=O)CO3)oc1C(=O)O. The summed E-state index contributed by atoms with van der Waals surface area (Å²) >= 11 is 0. The molecule has 0 aliphatic carbocycles. The van der Waals surface area contributed by atoms with E-state index in [2.05, 4.69) is 10.3 Å². The lowest BCUT2D eigenvalue weighted by Gasteiger charge is -2.17. The molecule has 1 aromatic carbocycles. The van der Waals surface area contributed by atoms with Crippen molar-refractivity contribution >= 4 is 17.6 Å². The van der Waals surface area contributed by atoms with Crippen molar-refractivity contribution in [2.24, 2.45) is 0 Å². The average molecular weight is 274 g/mol. The highest BCUT2D eigenvalue weighted by Gasteiger charge is 2.20. The number of carboxylic acids is 1. The van der Waals surface area contributed by atoms with Crippen LogP contribution < -0.4 is 10.1 Å². The zero-order valence-corrected chi connectivity index (χ0v) is 10.5. The summed E-state index contributed by atoms with van der Waals surface area (Å²) in [5.74, 6) is -0.879. The molecule has 7 nitrogen and oxygen atoms in total. The molecular formula is C13H10N2O5. The van der Waals surface area contributed by atoms with Gasteiger partial charge < -0.3 is 19.6 Å². The van der Waals surface area contributed by atoms with Gasteiger partial charge in [0.05, 0.1) is 11.4 Å². The van der Waals surface area contributed by atoms with Crippen molar-refractivity contribution < 1.29 is 23.8 Å². The zero-order valence-electron chi connectivity index (χ0n) is 10.5. The average Bonchev–Trinajstić information content (AvgIpc) is 2.80. The number of benzene rings is 1. The van der Waals surface area contributed by atoms with Crippen LogP contribution in [0.3, 0.4) is 0 Å². The maximum atomic E-state index is 11.3. The Morgan fingerprint density at radius 1 is 1.45 bits per heavy atom. The third-order valence-corrected chi connectivity index (χ3v) is 2.85. The van der Waals surface area contributed by atoms with Crippen LogP contribution in [0.1, 0.15) is 16.2 Å². The molecule has 0 bridgehead atoms. The monoisotopic (exact) mass is 274 g/mol. The van der Waals surface area contributed by atoms with E-state index in [0.717, 1.165) is 0 Å². The molecule has 0 unspecified atom stereocenters. The quantitative estimate of drug-likeness (QED) is 0.863. The first kappa shape index (κ1) is 12.2. The van der Waals surface area contributed by atoms with E-state index in [-0.39, 0.29) is 24.2 Å². The molecule has 20 heavy (non-hydrogen) atoms. The number of hydrogen-bond acceptors (Lipinski definition) is 5. The fraction of sp³-hybridized carbons (Fsp3) is 0.154. The molecule has 2 N–H and O–H groups in total. The van der Waals surface area contributed by atoms with Crippen LogP contribution in [-0.2, 0) is 4.79 Å². The molecule has 102 valence electrons. The number of fused-ring (bicyclic) bond motifs is 1. The van der Waals surface area contributed by atoms with E-state index >= 15 is 0 Å². The van der Waals surface area contributed by atoms with Crippen molar-refractivity contribution in [2.75, 3.05) is 11.9 Å². The number of ether oxygens (including phenoxy) is 1. The number of aromatic nitrogens is 1. The van der Waals surface area contributed by atoms with Gasteiger partial charge in [0, 0.05) is 5.56 Å². The highest BCUT2D eigenvalue weighted by atomic mass is 16.5. The first-order valence-electron chi connectivity index (χ1n) is 5.82. The Bertz CT molecular complexity index is 720. The topological polar surface area (TPSA) is 102 Å². The van der Waals surface area contributed by atoms with Crippen LogP contribution in [-0.4, -0.2) is 28.6 Å². The summed E-state index contributed by atoms with van der Waals surface area (Å²) in [5.41, 5.74) is 1.36. The predicted molar refractivity (Wildman–Crippen MR) is 67.8 cm³/mol. The van der Waals surface area contributed by atoms with Crippen molar-refractivity contribution in [3.63, 3.8) is 0 Å². The highest BCUT2D eigenvalue weighted by Crippen LogP contribution is 2.32. The number of rotatable bonds is 2. The Morgan fingerprint density at radius 3 is 2.95 bits per heavy atom. The standard InChI is InChI=1S/C13H10N2O5/c1-6-11(13(17)18)20-12(14-6)7-2-3-9-8(4-7)15-10(16)5-19-9/h2-4H,5H2,1H3,(H,15,16)(H,17,18). The third-order valence-electron chi connectivity index (χ3n) is 2.85. The maximum Gasteiger partial charge on any atom is 0.373 e. The number of oxazole rings is 1. The van der Waals surface area contributed by atoms with E-state index in [0.29, 0.717) is 22.7 Å². The Hall–Kier alpha value is -2.83. The minimum atomic E-state index is -1.17. The van der Waals surface area contributed by atoms with Gasteiger partial charge in [0.2, 0.25) is 11.7 Å². The van der Waals surface area contributed by atoms with Gasteiger partial charge in [0.25, 0.3) is 5.91 Å². The summed E-state index contributed by atoms with van der Waals surface area (Å²) in [6.45, 7) is 1.54. The van der Waals surface area contributed by atoms with Crippen molar-refractivity contribution in [2.45, 2.75) is 6.92 Å². The van der Waals surface area contributed by atoms with Gasteiger partial charge in [-0.2, -0.15) is 0 Å². The summed E-state index contributed by atoms with van der Waals surface area (Å²) < 4.78 is 10.5. The molecule has 1 amide bonds. The molecule has 0 fully saturated rings. The second-order valence-corrected chi connectivity index (χ2v) is 4.29. The van der Waals surface area contributed by atoms with Crippen molar-refractivity contribution in [3.05, 3.63) is 29.7 Å². The van der Waals surface area contributed by atoms with Crippen LogP contribution in [0.5, 0.6) is 5.75 Å². The number of hydrogen-bond donors (Lipinski definition) is 2. The summed E-state index contributed by atoms with van der Waals surface area (Å²) in [7, 11) is 0. The van der Waals surface area contributed by atoms with Crippen LogP contribution in [0.4, 0.5) is 5.69 Å². The second-order valence-electron chi connectivity index (χ2n) is 4.29. The molecule has 0 spiro atoms. The molecule has 2 aromatic rings. The fourth-order valence-electron chi connectivity index (χ4n) is 1.93. The lowest BCUT2D eigenvalue weighted by Crippen LogP contribution is -2.25. The molecule has 0 saturated heterocycles. The fourth-order valence-corrected chi connectivity index (χ4v) is 1.93. The normalized spacial score (nSPS) is 13.3. The first-order valence-corrected chi connectivity index (χ1v) is 5.82. The number of carbonyl (C=O) groups is 2. The molecule has 3 rings (SSSR count). The molecule has 0 radical (unpaired) electrons. The van der Waals surface area contributed by atoms with Gasteiger partial charge in [0.15, 0.2) is 6.61 Å². The lowest BCUT2D eigenvalue weighted by atomic mass is 10.1. The number of amides is 1. The second kappa shape index (κ2) is 4.37. The van der Waals surface area contributed by atoms with Crippen molar-refractivity contribution in [1.29, 1.82) is 0 Å². The van der Waals surface area contributed by atoms with E-state index in [1.807, 2.05) is 0 Å². The van der Waals surface area contributed by atoms with Gasteiger partial charge in [-0.3, -0.25) is 4.79 Å². The summed E-state index contributed by atoms with van der Waals surface area (Å²) in [6.07, 6.45) is 0. The lowest BCUT2D eigenvalue weighted by molar-refractivity contribution is -0.118. The summed E-state index contributed by atoms with van der Waals surface area (Å²) in [5, 5.41) is 11.6. The number of anilines is 1. The van der Waals surface area contributed by atoms with Gasteiger partial charge in [-0.25, -0.2) is 9.78 Å². The van der Waals surface area contributed by atoms with Gasteiger partial charge in [-0.1, -0.05) is 0 Å². The van der Waals surface area contributed by atoms with Gasteiger partial charge >= 0.3 is 5.97 Å². The van der Waals surface area contributed by atoms with E-state index in [1.165, 1.54) is 0 Å². The zero-order chi connectivity index (χ0) is 14.3.